The van der Waals surface area contributed by atoms with Crippen LogP contribution >= 0.6 is 63.7 Å². The van der Waals surface area contributed by atoms with Crippen molar-refractivity contribution in [2.75, 3.05) is 10.7 Å². The van der Waals surface area contributed by atoms with Crippen LogP contribution in [0.15, 0.2) is 0 Å². The fourth-order valence-corrected chi connectivity index (χ4v) is 2.34. The Balaban J connectivity index is 3.22. The van der Waals surface area contributed by atoms with Crippen LogP contribution in [0.3, 0.4) is 0 Å². The smallest absolute Gasteiger partial charge is 0.0253 e. The molecule has 0 rings (SSSR count). The van der Waals surface area contributed by atoms with Gasteiger partial charge >= 0.3 is 0 Å². The molecule has 0 radical (unpaired) electrons. The third kappa shape index (κ3) is 6.32. The van der Waals surface area contributed by atoms with E-state index in [1.807, 2.05) is 0 Å². The quantitative estimate of drug-likeness (QED) is 0.645. The van der Waals surface area contributed by atoms with E-state index in [1.54, 1.807) is 0 Å². The minimum atomic E-state index is 0.583. The topological polar surface area (TPSA) is 0 Å². The minimum absolute atomic E-state index is 0.583. The minimum Gasteiger partial charge on any atom is -0.0916 e. The van der Waals surface area contributed by atoms with Crippen LogP contribution < -0.4 is 0 Å². The van der Waals surface area contributed by atoms with Gasteiger partial charge in [0.2, 0.25) is 0 Å². The molecule has 0 amide bonds. The lowest BCUT2D eigenvalue weighted by Crippen LogP contribution is -2.09. The molecule has 0 bridgehead atoms. The maximum Gasteiger partial charge on any atom is 0.0253 e. The lowest BCUT2D eigenvalue weighted by molar-refractivity contribution is 0.844. The van der Waals surface area contributed by atoms with Crippen LogP contribution in [0.5, 0.6) is 0 Å². The van der Waals surface area contributed by atoms with E-state index in [1.165, 1.54) is 0 Å². The molecule has 0 nitrogen and oxygen atoms in total. The van der Waals surface area contributed by atoms with Crippen LogP contribution in [-0.2, 0) is 0 Å². The Bertz CT molecular complexity index is 58.0. The van der Waals surface area contributed by atoms with Crippen molar-refractivity contribution in [2.24, 2.45) is 0 Å². The van der Waals surface area contributed by atoms with Gasteiger partial charge in [0.15, 0.2) is 0 Å². The molecule has 56 valence electrons. The first kappa shape index (κ1) is 10.9. The van der Waals surface area contributed by atoms with E-state index in [2.05, 4.69) is 63.7 Å². The largest absolute Gasteiger partial charge is 0.0916 e. The van der Waals surface area contributed by atoms with Gasteiger partial charge in [-0.3, -0.25) is 0 Å². The summed E-state index contributed by atoms with van der Waals surface area (Å²) in [7, 11) is 0. The summed E-state index contributed by atoms with van der Waals surface area (Å²) < 4.78 is 0. The Hall–Kier alpha value is 1.92. The van der Waals surface area contributed by atoms with Gasteiger partial charge in [-0.05, 0) is 6.42 Å². The maximum absolute atomic E-state index is 3.52. The molecule has 0 aromatic carbocycles. The van der Waals surface area contributed by atoms with Crippen LogP contribution in [0.25, 0.3) is 0 Å². The zero-order chi connectivity index (χ0) is 7.28. The van der Waals surface area contributed by atoms with E-state index in [9.17, 15) is 0 Å². The molecule has 0 aromatic heterocycles. The average Bonchev–Trinajstić information content (AvgIpc) is 1.87. The van der Waals surface area contributed by atoms with Gasteiger partial charge in [-0.1, -0.05) is 63.7 Å². The SMILES string of the molecule is BrCC(Br)CC(Br)CBr. The summed E-state index contributed by atoms with van der Waals surface area (Å²) in [5.41, 5.74) is 0. The standard InChI is InChI=1S/C5H8Br4/c6-2-4(8)1-5(9)3-7/h4-5H,1-3H2. The van der Waals surface area contributed by atoms with Gasteiger partial charge in [0.05, 0.1) is 0 Å². The van der Waals surface area contributed by atoms with Crippen molar-refractivity contribution < 1.29 is 0 Å². The molecule has 0 N–H and O–H groups in total. The average molecular weight is 388 g/mol. The number of hydrogen-bond acceptors (Lipinski definition) is 0. The predicted molar refractivity (Wildman–Crippen MR) is 57.6 cm³/mol. The van der Waals surface area contributed by atoms with Gasteiger partial charge in [-0.25, -0.2) is 0 Å². The molecule has 2 unspecified atom stereocenters. The second kappa shape index (κ2) is 6.62. The van der Waals surface area contributed by atoms with Crippen LogP contribution in [0, 0.1) is 0 Å². The number of rotatable bonds is 4. The van der Waals surface area contributed by atoms with E-state index < -0.39 is 0 Å². The van der Waals surface area contributed by atoms with Gasteiger partial charge in [0.25, 0.3) is 0 Å². The van der Waals surface area contributed by atoms with Crippen molar-refractivity contribution in [1.29, 1.82) is 0 Å². The van der Waals surface area contributed by atoms with Crippen molar-refractivity contribution in [2.45, 2.75) is 16.1 Å². The fourth-order valence-electron chi connectivity index (χ4n) is 0.403. The molecule has 0 aliphatic heterocycles. The van der Waals surface area contributed by atoms with Gasteiger partial charge in [0.1, 0.15) is 0 Å². The first-order chi connectivity index (χ1) is 4.20. The summed E-state index contributed by atoms with van der Waals surface area (Å²) >= 11 is 13.8. The normalized spacial score (nSPS) is 17.3. The summed E-state index contributed by atoms with van der Waals surface area (Å²) in [6.45, 7) is 0. The van der Waals surface area contributed by atoms with Gasteiger partial charge in [-0.15, -0.1) is 0 Å². The fraction of sp³-hybridized carbons (Fsp3) is 1.00. The highest BCUT2D eigenvalue weighted by Crippen LogP contribution is 2.17. The molecule has 0 spiro atoms. The van der Waals surface area contributed by atoms with Crippen molar-refractivity contribution >= 4 is 63.7 Å². The number of alkyl halides is 4. The Morgan fingerprint density at radius 2 is 1.22 bits per heavy atom. The molecule has 4 heteroatoms. The van der Waals surface area contributed by atoms with Gasteiger partial charge < -0.3 is 0 Å². The second-order valence-electron chi connectivity index (χ2n) is 1.74. The Labute approximate surface area is 89.7 Å². The molecular weight excluding hydrogens is 380 g/mol. The summed E-state index contributed by atoms with van der Waals surface area (Å²) in [5, 5.41) is 2.03. The highest BCUT2D eigenvalue weighted by atomic mass is 79.9. The lowest BCUT2D eigenvalue weighted by Gasteiger charge is -2.08. The van der Waals surface area contributed by atoms with Gasteiger partial charge in [-0.2, -0.15) is 0 Å². The zero-order valence-electron chi connectivity index (χ0n) is 4.79. The highest BCUT2D eigenvalue weighted by Gasteiger charge is 2.08. The van der Waals surface area contributed by atoms with E-state index >= 15 is 0 Å². The van der Waals surface area contributed by atoms with Crippen molar-refractivity contribution in [3.63, 3.8) is 0 Å². The van der Waals surface area contributed by atoms with Crippen LogP contribution in [-0.4, -0.2) is 20.3 Å². The molecule has 0 saturated carbocycles. The second-order valence-corrected chi connectivity index (χ2v) is 5.62. The lowest BCUT2D eigenvalue weighted by atomic mass is 10.3. The highest BCUT2D eigenvalue weighted by molar-refractivity contribution is 9.12. The predicted octanol–water partition coefficient (Wildman–Crippen LogP) is 3.69. The summed E-state index contributed by atoms with van der Waals surface area (Å²) in [4.78, 5) is 1.17. The monoisotopic (exact) mass is 384 g/mol. The van der Waals surface area contributed by atoms with Crippen molar-refractivity contribution in [3.8, 4) is 0 Å². The molecule has 0 aromatic rings. The third-order valence-electron chi connectivity index (χ3n) is 0.846. The van der Waals surface area contributed by atoms with Crippen molar-refractivity contribution in [3.05, 3.63) is 0 Å². The van der Waals surface area contributed by atoms with Gasteiger partial charge in [0, 0.05) is 20.3 Å². The van der Waals surface area contributed by atoms with E-state index in [0.29, 0.717) is 9.65 Å². The maximum atomic E-state index is 3.52. The zero-order valence-corrected chi connectivity index (χ0v) is 11.1. The molecular formula is C5H8Br4. The number of halogens is 4. The first-order valence-corrected chi connectivity index (χ1v) is 6.68. The van der Waals surface area contributed by atoms with Crippen LogP contribution in [0.2, 0.25) is 0 Å². The summed E-state index contributed by atoms with van der Waals surface area (Å²) in [5.74, 6) is 0. The van der Waals surface area contributed by atoms with E-state index in [0.717, 1.165) is 17.1 Å². The number of hydrogen-bond donors (Lipinski definition) is 0. The van der Waals surface area contributed by atoms with E-state index in [4.69, 9.17) is 0 Å². The Morgan fingerprint density at radius 1 is 0.889 bits per heavy atom. The molecule has 0 fully saturated rings. The third-order valence-corrected chi connectivity index (χ3v) is 5.54. The Morgan fingerprint density at radius 3 is 1.44 bits per heavy atom. The first-order valence-electron chi connectivity index (χ1n) is 2.60. The Kier molecular flexibility index (Phi) is 8.03. The molecule has 0 aliphatic rings. The molecule has 0 saturated heterocycles. The molecule has 2 atom stereocenters. The summed E-state index contributed by atoms with van der Waals surface area (Å²) in [6.07, 6.45) is 1.15. The van der Waals surface area contributed by atoms with E-state index in [-0.39, 0.29) is 0 Å². The van der Waals surface area contributed by atoms with Crippen molar-refractivity contribution in [1.82, 2.24) is 0 Å². The summed E-state index contributed by atoms with van der Waals surface area (Å²) in [6, 6.07) is 0. The molecule has 9 heavy (non-hydrogen) atoms. The van der Waals surface area contributed by atoms with Crippen LogP contribution in [0.1, 0.15) is 6.42 Å². The molecule has 0 aliphatic carbocycles. The molecule has 0 heterocycles. The van der Waals surface area contributed by atoms with Crippen LogP contribution in [0.4, 0.5) is 0 Å².